The van der Waals surface area contributed by atoms with E-state index in [1.807, 2.05) is 29.0 Å². The molecule has 0 amide bonds. The molecule has 3 aromatic rings. The number of rotatable bonds is 3. The van der Waals surface area contributed by atoms with Crippen LogP contribution in [-0.2, 0) is 5.75 Å². The van der Waals surface area contributed by atoms with Crippen molar-refractivity contribution in [3.05, 3.63) is 34.6 Å². The van der Waals surface area contributed by atoms with Crippen molar-refractivity contribution in [1.82, 2.24) is 19.8 Å². The van der Waals surface area contributed by atoms with E-state index in [4.69, 9.17) is 0 Å². The topological polar surface area (TPSA) is 43.1 Å². The summed E-state index contributed by atoms with van der Waals surface area (Å²) >= 11 is 6.74. The zero-order valence-corrected chi connectivity index (χ0v) is 12.7. The molecule has 92 valence electrons. The maximum atomic E-state index is 4.58. The van der Waals surface area contributed by atoms with Crippen LogP contribution in [0, 0.1) is 0 Å². The third-order valence-electron chi connectivity index (χ3n) is 2.40. The number of nitrogens with zero attached hydrogens (tertiary/aromatic N) is 4. The van der Waals surface area contributed by atoms with Crippen molar-refractivity contribution in [3.63, 3.8) is 0 Å². The first-order chi connectivity index (χ1) is 8.78. The van der Waals surface area contributed by atoms with Crippen LogP contribution in [0.1, 0.15) is 5.82 Å². The Morgan fingerprint density at radius 1 is 1.39 bits per heavy atom. The number of hydrogen-bond donors (Lipinski definition) is 0. The predicted molar refractivity (Wildman–Crippen MR) is 79.0 cm³/mol. The van der Waals surface area contributed by atoms with Crippen molar-refractivity contribution >= 4 is 44.0 Å². The lowest BCUT2D eigenvalue weighted by atomic mass is 10.2. The molecule has 0 fully saturated rings. The molecule has 0 aliphatic heterocycles. The highest BCUT2D eigenvalue weighted by molar-refractivity contribution is 9.10. The molecule has 2 aromatic heterocycles. The second-order valence-electron chi connectivity index (χ2n) is 3.66. The third kappa shape index (κ3) is 2.17. The summed E-state index contributed by atoms with van der Waals surface area (Å²) in [6, 6.07) is 8.11. The van der Waals surface area contributed by atoms with Crippen LogP contribution in [0.15, 0.2) is 28.7 Å². The summed E-state index contributed by atoms with van der Waals surface area (Å²) in [5.41, 5.74) is 1.09. The quantitative estimate of drug-likeness (QED) is 0.732. The van der Waals surface area contributed by atoms with Crippen molar-refractivity contribution in [3.8, 4) is 10.6 Å². The summed E-state index contributed by atoms with van der Waals surface area (Å²) in [4.78, 5) is 0.842. The number of benzene rings is 1. The molecule has 0 radical (unpaired) electrons. The van der Waals surface area contributed by atoms with E-state index >= 15 is 0 Å². The number of thioether (sulfide) groups is 1. The number of hydrogen-bond acceptors (Lipinski definition) is 5. The summed E-state index contributed by atoms with van der Waals surface area (Å²) in [5, 5.41) is 13.8. The van der Waals surface area contributed by atoms with Crippen molar-refractivity contribution in [2.45, 2.75) is 5.75 Å². The first-order valence-corrected chi connectivity index (χ1v) is 8.24. The molecular formula is C11H9BrN4S2. The van der Waals surface area contributed by atoms with E-state index in [1.54, 1.807) is 23.1 Å². The van der Waals surface area contributed by atoms with E-state index in [9.17, 15) is 0 Å². The maximum Gasteiger partial charge on any atom is 0.235 e. The van der Waals surface area contributed by atoms with Gasteiger partial charge in [-0.1, -0.05) is 39.4 Å². The van der Waals surface area contributed by atoms with Crippen LogP contribution < -0.4 is 0 Å². The normalized spacial score (nSPS) is 11.2. The smallest absolute Gasteiger partial charge is 0.186 e. The van der Waals surface area contributed by atoms with E-state index in [0.717, 1.165) is 31.6 Å². The minimum atomic E-state index is 0.822. The van der Waals surface area contributed by atoms with Crippen LogP contribution in [0.5, 0.6) is 0 Å². The minimum Gasteiger partial charge on any atom is -0.186 e. The lowest BCUT2D eigenvalue weighted by Crippen LogP contribution is -1.93. The Kier molecular flexibility index (Phi) is 3.36. The number of fused-ring (bicyclic) bond motifs is 1. The lowest BCUT2D eigenvalue weighted by molar-refractivity contribution is 0.888. The molecule has 4 nitrogen and oxygen atoms in total. The number of halogens is 1. The van der Waals surface area contributed by atoms with Gasteiger partial charge in [0.1, 0.15) is 5.01 Å². The zero-order valence-electron chi connectivity index (χ0n) is 9.50. The summed E-state index contributed by atoms with van der Waals surface area (Å²) in [7, 11) is 0. The number of aromatic nitrogens is 4. The molecule has 2 heterocycles. The van der Waals surface area contributed by atoms with Crippen molar-refractivity contribution in [2.75, 3.05) is 6.26 Å². The van der Waals surface area contributed by atoms with E-state index in [-0.39, 0.29) is 0 Å². The van der Waals surface area contributed by atoms with Crippen molar-refractivity contribution in [1.29, 1.82) is 0 Å². The summed E-state index contributed by atoms with van der Waals surface area (Å²) in [5.74, 6) is 1.72. The highest BCUT2D eigenvalue weighted by atomic mass is 79.9. The van der Waals surface area contributed by atoms with Gasteiger partial charge in [0.15, 0.2) is 5.82 Å². The molecular weight excluding hydrogens is 332 g/mol. The average Bonchev–Trinajstić information content (AvgIpc) is 2.92. The van der Waals surface area contributed by atoms with Crippen LogP contribution in [0.4, 0.5) is 0 Å². The Morgan fingerprint density at radius 3 is 3.06 bits per heavy atom. The monoisotopic (exact) mass is 340 g/mol. The van der Waals surface area contributed by atoms with Gasteiger partial charge in [-0.2, -0.15) is 21.4 Å². The largest absolute Gasteiger partial charge is 0.235 e. The van der Waals surface area contributed by atoms with Crippen LogP contribution in [0.3, 0.4) is 0 Å². The molecule has 3 rings (SSSR count). The molecule has 0 aliphatic carbocycles. The van der Waals surface area contributed by atoms with Gasteiger partial charge in [0.25, 0.3) is 0 Å². The Labute approximate surface area is 121 Å². The van der Waals surface area contributed by atoms with Gasteiger partial charge >= 0.3 is 0 Å². The van der Waals surface area contributed by atoms with Gasteiger partial charge in [-0.05, 0) is 18.4 Å². The van der Waals surface area contributed by atoms with Crippen LogP contribution in [0.2, 0.25) is 0 Å². The fourth-order valence-electron chi connectivity index (χ4n) is 1.61. The first-order valence-electron chi connectivity index (χ1n) is 5.24. The SMILES string of the molecule is CSCc1nnc2sc(-c3cccc(Br)c3)nn12. The second-order valence-corrected chi connectivity index (χ2v) is 6.40. The van der Waals surface area contributed by atoms with Crippen molar-refractivity contribution in [2.24, 2.45) is 0 Å². The summed E-state index contributed by atoms with van der Waals surface area (Å²) in [6.45, 7) is 0. The van der Waals surface area contributed by atoms with Gasteiger partial charge in [0.05, 0.1) is 5.75 Å². The second kappa shape index (κ2) is 4.99. The predicted octanol–water partition coefficient (Wildman–Crippen LogP) is 3.48. The van der Waals surface area contributed by atoms with Gasteiger partial charge in [0, 0.05) is 10.0 Å². The third-order valence-corrected chi connectivity index (χ3v) is 4.39. The average molecular weight is 341 g/mol. The Hall–Kier alpha value is -0.920. The summed E-state index contributed by atoms with van der Waals surface area (Å²) in [6.07, 6.45) is 2.04. The molecule has 0 atom stereocenters. The van der Waals surface area contributed by atoms with Crippen LogP contribution >= 0.6 is 39.0 Å². The maximum absolute atomic E-state index is 4.58. The van der Waals surface area contributed by atoms with E-state index in [0.29, 0.717) is 0 Å². The fourth-order valence-corrected chi connectivity index (χ4v) is 3.31. The molecule has 0 bridgehead atoms. The van der Waals surface area contributed by atoms with E-state index < -0.39 is 0 Å². The van der Waals surface area contributed by atoms with E-state index in [2.05, 4.69) is 37.3 Å². The molecule has 0 N–H and O–H groups in total. The fraction of sp³-hybridized carbons (Fsp3) is 0.182. The molecule has 0 spiro atoms. The molecule has 18 heavy (non-hydrogen) atoms. The lowest BCUT2D eigenvalue weighted by Gasteiger charge is -1.96. The standard InChI is InChI=1S/C11H9BrN4S2/c1-17-6-9-13-14-11-16(9)15-10(18-11)7-3-2-4-8(12)5-7/h2-5H,6H2,1H3. The van der Waals surface area contributed by atoms with Crippen molar-refractivity contribution < 1.29 is 0 Å². The molecule has 0 saturated heterocycles. The van der Waals surface area contributed by atoms with Gasteiger partial charge in [-0.3, -0.25) is 0 Å². The molecule has 7 heteroatoms. The molecule has 0 saturated carbocycles. The molecule has 1 aromatic carbocycles. The Bertz CT molecular complexity index is 691. The first kappa shape index (κ1) is 12.1. The highest BCUT2D eigenvalue weighted by Crippen LogP contribution is 2.27. The van der Waals surface area contributed by atoms with Gasteiger partial charge in [0.2, 0.25) is 4.96 Å². The Balaban J connectivity index is 2.08. The minimum absolute atomic E-state index is 0.822. The van der Waals surface area contributed by atoms with Crippen LogP contribution in [-0.4, -0.2) is 26.1 Å². The van der Waals surface area contributed by atoms with Crippen LogP contribution in [0.25, 0.3) is 15.5 Å². The van der Waals surface area contributed by atoms with Gasteiger partial charge in [-0.25, -0.2) is 0 Å². The zero-order chi connectivity index (χ0) is 12.5. The highest BCUT2D eigenvalue weighted by Gasteiger charge is 2.12. The van der Waals surface area contributed by atoms with E-state index in [1.165, 1.54) is 0 Å². The van der Waals surface area contributed by atoms with Gasteiger partial charge in [-0.15, -0.1) is 10.2 Å². The summed E-state index contributed by atoms with van der Waals surface area (Å²) < 4.78 is 2.88. The van der Waals surface area contributed by atoms with Gasteiger partial charge < -0.3 is 0 Å². The Morgan fingerprint density at radius 2 is 2.28 bits per heavy atom. The molecule has 0 unspecified atom stereocenters. The molecule has 0 aliphatic rings.